The van der Waals surface area contributed by atoms with Gasteiger partial charge in [-0.25, -0.2) is 0 Å². The lowest BCUT2D eigenvalue weighted by Crippen LogP contribution is -2.38. The molecule has 0 unspecified atom stereocenters. The van der Waals surface area contributed by atoms with Crippen LogP contribution in [-0.2, 0) is 9.59 Å². The first-order valence-corrected chi connectivity index (χ1v) is 10.5. The van der Waals surface area contributed by atoms with Crippen LogP contribution in [0.2, 0.25) is 5.02 Å². The largest absolute Gasteiger partial charge is 0.484 e. The topological polar surface area (TPSA) is 94.2 Å². The first kappa shape index (κ1) is 21.1. The Bertz CT molecular complexity index is 1070. The van der Waals surface area contributed by atoms with Crippen molar-refractivity contribution in [2.24, 2.45) is 0 Å². The molecule has 0 radical (unpaired) electrons. The lowest BCUT2D eigenvalue weighted by molar-refractivity contribution is -0.125. The zero-order valence-electron chi connectivity index (χ0n) is 16.1. The minimum absolute atomic E-state index is 0.0616. The summed E-state index contributed by atoms with van der Waals surface area (Å²) >= 11 is 6.72. The fourth-order valence-electron chi connectivity index (χ4n) is 2.91. The molecular weight excluding hydrogens is 444 g/mol. The molecule has 1 fully saturated rings. The van der Waals surface area contributed by atoms with Crippen molar-refractivity contribution in [1.82, 2.24) is 10.2 Å². The van der Waals surface area contributed by atoms with E-state index in [0.717, 1.165) is 22.2 Å². The number of rotatable bonds is 7. The van der Waals surface area contributed by atoms with Gasteiger partial charge in [0.2, 0.25) is 6.79 Å². The van der Waals surface area contributed by atoms with Crippen molar-refractivity contribution in [2.75, 3.05) is 26.5 Å². The fourth-order valence-corrected chi connectivity index (χ4v) is 3.96. The van der Waals surface area contributed by atoms with Gasteiger partial charge in [0.05, 0.1) is 4.91 Å². The molecule has 0 aliphatic carbocycles. The number of hydrogen-bond acceptors (Lipinski definition) is 7. The van der Waals surface area contributed by atoms with Gasteiger partial charge >= 0.3 is 0 Å². The van der Waals surface area contributed by atoms with Crippen molar-refractivity contribution < 1.29 is 28.6 Å². The minimum atomic E-state index is -0.405. The molecule has 31 heavy (non-hydrogen) atoms. The number of thioether (sulfide) groups is 1. The van der Waals surface area contributed by atoms with Gasteiger partial charge in [0.1, 0.15) is 5.75 Å². The molecule has 3 amide bonds. The van der Waals surface area contributed by atoms with Gasteiger partial charge in [0, 0.05) is 18.1 Å². The van der Waals surface area contributed by atoms with Crippen molar-refractivity contribution in [2.45, 2.75) is 0 Å². The van der Waals surface area contributed by atoms with Gasteiger partial charge in [-0.15, -0.1) is 0 Å². The molecule has 10 heteroatoms. The molecule has 0 saturated carbocycles. The van der Waals surface area contributed by atoms with Gasteiger partial charge in [-0.2, -0.15) is 0 Å². The predicted octanol–water partition coefficient (Wildman–Crippen LogP) is 3.30. The number of amides is 3. The van der Waals surface area contributed by atoms with E-state index in [1.807, 2.05) is 0 Å². The Labute approximate surface area is 187 Å². The number of halogens is 1. The summed E-state index contributed by atoms with van der Waals surface area (Å²) < 4.78 is 15.9. The van der Waals surface area contributed by atoms with E-state index in [2.05, 4.69) is 5.32 Å². The van der Waals surface area contributed by atoms with Crippen LogP contribution in [-0.4, -0.2) is 48.4 Å². The normalized spacial score (nSPS) is 16.2. The van der Waals surface area contributed by atoms with E-state index >= 15 is 0 Å². The van der Waals surface area contributed by atoms with Crippen LogP contribution in [0.25, 0.3) is 6.08 Å². The van der Waals surface area contributed by atoms with Crippen LogP contribution in [0.3, 0.4) is 0 Å². The summed E-state index contributed by atoms with van der Waals surface area (Å²) in [5.41, 5.74) is 0.723. The second-order valence-corrected chi connectivity index (χ2v) is 7.97. The summed E-state index contributed by atoms with van der Waals surface area (Å²) in [5, 5.41) is 2.74. The molecule has 2 aliphatic rings. The van der Waals surface area contributed by atoms with Crippen LogP contribution in [0.4, 0.5) is 4.79 Å². The maximum atomic E-state index is 12.6. The van der Waals surface area contributed by atoms with Crippen LogP contribution in [0.1, 0.15) is 5.56 Å². The highest BCUT2D eigenvalue weighted by Crippen LogP contribution is 2.36. The van der Waals surface area contributed by atoms with E-state index in [1.165, 1.54) is 0 Å². The average Bonchev–Trinajstić information content (AvgIpc) is 3.31. The number of imide groups is 1. The maximum absolute atomic E-state index is 12.6. The number of carbonyl (C=O) groups excluding carboxylic acids is 3. The molecule has 2 aliphatic heterocycles. The highest BCUT2D eigenvalue weighted by Gasteiger charge is 2.34. The van der Waals surface area contributed by atoms with Gasteiger partial charge in [0.25, 0.3) is 17.1 Å². The fraction of sp³-hybridized carbons (Fsp3) is 0.190. The van der Waals surface area contributed by atoms with E-state index in [-0.39, 0.29) is 37.6 Å². The molecular formula is C21H17ClN2O6S. The van der Waals surface area contributed by atoms with Crippen LogP contribution in [0, 0.1) is 0 Å². The summed E-state index contributed by atoms with van der Waals surface area (Å²) in [5.74, 6) is 0.929. The van der Waals surface area contributed by atoms with E-state index in [1.54, 1.807) is 48.5 Å². The molecule has 0 bridgehead atoms. The molecule has 0 atom stereocenters. The lowest BCUT2D eigenvalue weighted by Gasteiger charge is -2.13. The number of nitrogens with zero attached hydrogens (tertiary/aromatic N) is 1. The highest BCUT2D eigenvalue weighted by atomic mass is 35.5. The molecule has 1 saturated heterocycles. The number of carbonyl (C=O) groups is 3. The Balaban J connectivity index is 1.27. The Morgan fingerprint density at radius 2 is 2.03 bits per heavy atom. The van der Waals surface area contributed by atoms with Crippen LogP contribution >= 0.6 is 23.4 Å². The number of nitrogens with one attached hydrogen (secondary N) is 1. The standard InChI is InChI=1S/C21H17ClN2O6S/c22-14-2-1-3-15(10-14)28-11-19(25)23-6-7-24-20(26)18(31-21(24)27)9-13-4-5-16-17(8-13)30-12-29-16/h1-5,8-10H,6-7,11-12H2,(H,23,25)/b18-9-. The third-order valence-corrected chi connectivity index (χ3v) is 5.53. The number of hydrogen-bond donors (Lipinski definition) is 1. The van der Waals surface area contributed by atoms with Crippen LogP contribution in [0.5, 0.6) is 17.2 Å². The van der Waals surface area contributed by atoms with Crippen LogP contribution in [0.15, 0.2) is 47.4 Å². The smallest absolute Gasteiger partial charge is 0.293 e. The van der Waals surface area contributed by atoms with E-state index in [4.69, 9.17) is 25.8 Å². The second-order valence-electron chi connectivity index (χ2n) is 6.54. The third kappa shape index (κ3) is 5.12. The molecule has 0 aromatic heterocycles. The molecule has 8 nitrogen and oxygen atoms in total. The molecule has 2 aromatic carbocycles. The quantitative estimate of drug-likeness (QED) is 0.633. The van der Waals surface area contributed by atoms with E-state index in [0.29, 0.717) is 27.2 Å². The Kier molecular flexibility index (Phi) is 6.34. The average molecular weight is 461 g/mol. The third-order valence-electron chi connectivity index (χ3n) is 4.39. The molecule has 4 rings (SSSR count). The van der Waals surface area contributed by atoms with Gasteiger partial charge in [-0.3, -0.25) is 19.3 Å². The summed E-state index contributed by atoms with van der Waals surface area (Å²) in [7, 11) is 0. The second kappa shape index (κ2) is 9.32. The Morgan fingerprint density at radius 3 is 2.87 bits per heavy atom. The number of ether oxygens (including phenoxy) is 3. The molecule has 2 aromatic rings. The Morgan fingerprint density at radius 1 is 1.19 bits per heavy atom. The maximum Gasteiger partial charge on any atom is 0.293 e. The van der Waals surface area contributed by atoms with E-state index in [9.17, 15) is 14.4 Å². The number of benzene rings is 2. The van der Waals surface area contributed by atoms with Gasteiger partial charge in [-0.1, -0.05) is 23.7 Å². The zero-order chi connectivity index (χ0) is 21.8. The van der Waals surface area contributed by atoms with Crippen molar-refractivity contribution in [1.29, 1.82) is 0 Å². The molecule has 1 N–H and O–H groups in total. The van der Waals surface area contributed by atoms with Crippen molar-refractivity contribution in [3.8, 4) is 17.2 Å². The molecule has 0 spiro atoms. The van der Waals surface area contributed by atoms with E-state index < -0.39 is 5.91 Å². The first-order chi connectivity index (χ1) is 15.0. The highest BCUT2D eigenvalue weighted by molar-refractivity contribution is 8.18. The first-order valence-electron chi connectivity index (χ1n) is 9.30. The van der Waals surface area contributed by atoms with Crippen LogP contribution < -0.4 is 19.5 Å². The molecule has 160 valence electrons. The van der Waals surface area contributed by atoms with Gasteiger partial charge in [0.15, 0.2) is 18.1 Å². The summed E-state index contributed by atoms with van der Waals surface area (Å²) in [6.45, 7) is 0.135. The summed E-state index contributed by atoms with van der Waals surface area (Å²) in [6, 6.07) is 12.0. The Hall–Kier alpha value is -3.17. The van der Waals surface area contributed by atoms with Gasteiger partial charge in [-0.05, 0) is 53.7 Å². The lowest BCUT2D eigenvalue weighted by atomic mass is 10.2. The van der Waals surface area contributed by atoms with Crippen molar-refractivity contribution in [3.63, 3.8) is 0 Å². The minimum Gasteiger partial charge on any atom is -0.484 e. The predicted molar refractivity (Wildman–Crippen MR) is 115 cm³/mol. The van der Waals surface area contributed by atoms with Crippen molar-refractivity contribution >= 4 is 46.5 Å². The SMILES string of the molecule is O=C(COc1cccc(Cl)c1)NCCN1C(=O)S/C(=C\c2ccc3c(c2)OCO3)C1=O. The summed E-state index contributed by atoms with van der Waals surface area (Å²) in [4.78, 5) is 38.2. The number of fused-ring (bicyclic) bond motifs is 1. The zero-order valence-corrected chi connectivity index (χ0v) is 17.7. The monoisotopic (exact) mass is 460 g/mol. The summed E-state index contributed by atoms with van der Waals surface area (Å²) in [6.07, 6.45) is 1.63. The van der Waals surface area contributed by atoms with Gasteiger partial charge < -0.3 is 19.5 Å². The molecule has 2 heterocycles. The van der Waals surface area contributed by atoms with Crippen molar-refractivity contribution in [3.05, 3.63) is 58.0 Å².